The summed E-state index contributed by atoms with van der Waals surface area (Å²) in [6, 6.07) is 0. The lowest BCUT2D eigenvalue weighted by molar-refractivity contribution is -0.109. The molecule has 22 heavy (non-hydrogen) atoms. The molecule has 0 amide bonds. The maximum absolute atomic E-state index is 12.9. The fourth-order valence-corrected chi connectivity index (χ4v) is 3.60. The molecule has 2 aliphatic carbocycles. The van der Waals surface area contributed by atoms with Crippen LogP contribution in [0.4, 0.5) is 17.6 Å². The van der Waals surface area contributed by atoms with Crippen molar-refractivity contribution in [1.29, 1.82) is 0 Å². The number of alkyl halides is 3. The topological polar surface area (TPSA) is 0 Å². The van der Waals surface area contributed by atoms with Crippen molar-refractivity contribution in [3.8, 4) is 0 Å². The van der Waals surface area contributed by atoms with Gasteiger partial charge in [-0.3, -0.25) is 0 Å². The van der Waals surface area contributed by atoms with E-state index in [0.717, 1.165) is 24.8 Å². The van der Waals surface area contributed by atoms with Crippen LogP contribution in [0.3, 0.4) is 0 Å². The molecule has 0 unspecified atom stereocenters. The van der Waals surface area contributed by atoms with Crippen molar-refractivity contribution in [3.63, 3.8) is 0 Å². The third-order valence-electron chi connectivity index (χ3n) is 5.19. The smallest absolute Gasteiger partial charge is 0.202 e. The van der Waals surface area contributed by atoms with Crippen LogP contribution in [-0.4, -0.2) is 6.18 Å². The lowest BCUT2D eigenvalue weighted by Crippen LogP contribution is -2.15. The van der Waals surface area contributed by atoms with Crippen LogP contribution in [0.1, 0.15) is 58.3 Å². The Hall–Kier alpha value is -0.800. The maximum atomic E-state index is 12.9. The first kappa shape index (κ1) is 17.6. The van der Waals surface area contributed by atoms with Gasteiger partial charge in [0, 0.05) is 0 Å². The molecule has 2 saturated carbocycles. The predicted molar refractivity (Wildman–Crippen MR) is 81.0 cm³/mol. The molecule has 0 aromatic heterocycles. The largest absolute Gasteiger partial charge is 0.442 e. The van der Waals surface area contributed by atoms with Crippen molar-refractivity contribution in [2.75, 3.05) is 0 Å². The van der Waals surface area contributed by atoms with Crippen molar-refractivity contribution in [3.05, 3.63) is 24.1 Å². The van der Waals surface area contributed by atoms with E-state index in [1.54, 1.807) is 0 Å². The fraction of sp³-hybridized carbons (Fsp3) is 0.778. The minimum Gasteiger partial charge on any atom is -0.202 e. The van der Waals surface area contributed by atoms with E-state index in [4.69, 9.17) is 0 Å². The summed E-state index contributed by atoms with van der Waals surface area (Å²) >= 11 is 0. The second-order valence-electron chi connectivity index (χ2n) is 7.09. The van der Waals surface area contributed by atoms with Crippen LogP contribution in [0.25, 0.3) is 0 Å². The Morgan fingerprint density at radius 3 is 1.64 bits per heavy atom. The highest BCUT2D eigenvalue weighted by Gasteiger charge is 2.35. The number of halogens is 4. The second-order valence-corrected chi connectivity index (χ2v) is 7.09. The van der Waals surface area contributed by atoms with Crippen molar-refractivity contribution in [2.24, 2.45) is 23.7 Å². The molecular formula is C18H26F4. The SMILES string of the molecule is CC1CCC(/C=C/C2CCC(C=C(F)C(F)(F)F)CC2)CC1. The van der Waals surface area contributed by atoms with Crippen molar-refractivity contribution in [2.45, 2.75) is 64.5 Å². The minimum atomic E-state index is -4.82. The van der Waals surface area contributed by atoms with Crippen molar-refractivity contribution >= 4 is 0 Å². The van der Waals surface area contributed by atoms with Crippen LogP contribution in [0, 0.1) is 23.7 Å². The Kier molecular flexibility index (Phi) is 6.10. The quantitative estimate of drug-likeness (QED) is 0.406. The van der Waals surface area contributed by atoms with E-state index < -0.39 is 12.0 Å². The average molecular weight is 318 g/mol. The van der Waals surface area contributed by atoms with Gasteiger partial charge in [0.25, 0.3) is 0 Å². The van der Waals surface area contributed by atoms with Gasteiger partial charge in [-0.15, -0.1) is 0 Å². The van der Waals surface area contributed by atoms with E-state index >= 15 is 0 Å². The van der Waals surface area contributed by atoms with Crippen molar-refractivity contribution in [1.82, 2.24) is 0 Å². The molecule has 0 spiro atoms. The van der Waals surface area contributed by atoms with Crippen LogP contribution >= 0.6 is 0 Å². The van der Waals surface area contributed by atoms with Crippen LogP contribution < -0.4 is 0 Å². The van der Waals surface area contributed by atoms with Crippen LogP contribution in [0.15, 0.2) is 24.1 Å². The number of rotatable bonds is 3. The summed E-state index contributed by atoms with van der Waals surface area (Å²) in [6.45, 7) is 2.30. The highest BCUT2D eigenvalue weighted by molar-refractivity contribution is 5.04. The predicted octanol–water partition coefficient (Wildman–Crippen LogP) is 6.59. The lowest BCUT2D eigenvalue weighted by atomic mass is 9.79. The zero-order chi connectivity index (χ0) is 16.2. The minimum absolute atomic E-state index is 0.262. The van der Waals surface area contributed by atoms with Gasteiger partial charge in [0.05, 0.1) is 0 Å². The van der Waals surface area contributed by atoms with E-state index in [2.05, 4.69) is 19.1 Å². The lowest BCUT2D eigenvalue weighted by Gasteiger charge is -2.27. The molecule has 0 saturated heterocycles. The molecule has 0 heterocycles. The Morgan fingerprint density at radius 1 is 0.773 bits per heavy atom. The zero-order valence-electron chi connectivity index (χ0n) is 13.2. The first-order valence-electron chi connectivity index (χ1n) is 8.47. The van der Waals surface area contributed by atoms with Gasteiger partial charge in [-0.25, -0.2) is 4.39 Å². The summed E-state index contributed by atoms with van der Waals surface area (Å²) in [4.78, 5) is 0. The molecule has 0 bridgehead atoms. The van der Waals surface area contributed by atoms with Gasteiger partial charge in [0.2, 0.25) is 0 Å². The maximum Gasteiger partial charge on any atom is 0.442 e. The highest BCUT2D eigenvalue weighted by atomic mass is 19.4. The summed E-state index contributed by atoms with van der Waals surface area (Å²) in [5.74, 6) is -0.213. The van der Waals surface area contributed by atoms with Crippen molar-refractivity contribution < 1.29 is 17.6 Å². The molecule has 0 aromatic rings. The van der Waals surface area contributed by atoms with E-state index in [1.807, 2.05) is 0 Å². The number of allylic oxidation sites excluding steroid dienone is 4. The standard InChI is InChI=1S/C18H26F4/c1-13-2-4-14(5-3-13)6-7-15-8-10-16(11-9-15)12-17(19)18(20,21)22/h6-7,12-16H,2-5,8-11H2,1H3/b7-6+,17-12?. The molecule has 0 N–H and O–H groups in total. The Labute approximate surface area is 130 Å². The van der Waals surface area contributed by atoms with Gasteiger partial charge >= 0.3 is 6.18 Å². The molecule has 126 valence electrons. The molecule has 0 aliphatic heterocycles. The van der Waals surface area contributed by atoms with Gasteiger partial charge in [-0.1, -0.05) is 31.9 Å². The Balaban J connectivity index is 1.75. The molecule has 2 rings (SSSR count). The van der Waals surface area contributed by atoms with E-state index in [9.17, 15) is 17.6 Å². The summed E-state index contributed by atoms with van der Waals surface area (Å²) in [6.07, 6.45) is 8.69. The van der Waals surface area contributed by atoms with E-state index in [-0.39, 0.29) is 5.92 Å². The monoisotopic (exact) mass is 318 g/mol. The molecule has 4 heteroatoms. The van der Waals surface area contributed by atoms with Gasteiger partial charge in [-0.05, 0) is 68.3 Å². The average Bonchev–Trinajstić information content (AvgIpc) is 2.47. The second kappa shape index (κ2) is 7.65. The summed E-state index contributed by atoms with van der Waals surface area (Å²) in [5.41, 5.74) is 0. The number of hydrogen-bond acceptors (Lipinski definition) is 0. The highest BCUT2D eigenvalue weighted by Crippen LogP contribution is 2.35. The zero-order valence-corrected chi connectivity index (χ0v) is 13.2. The Bertz CT molecular complexity index is 392. The molecule has 2 aliphatic rings. The molecule has 0 atom stereocenters. The first-order valence-corrected chi connectivity index (χ1v) is 8.47. The fourth-order valence-electron chi connectivity index (χ4n) is 3.60. The molecule has 0 nitrogen and oxygen atoms in total. The molecule has 0 aromatic carbocycles. The van der Waals surface area contributed by atoms with Gasteiger partial charge < -0.3 is 0 Å². The van der Waals surface area contributed by atoms with Crippen LogP contribution in [0.5, 0.6) is 0 Å². The van der Waals surface area contributed by atoms with E-state index in [0.29, 0.717) is 24.7 Å². The molecule has 0 radical (unpaired) electrons. The van der Waals surface area contributed by atoms with Gasteiger partial charge in [-0.2, -0.15) is 13.2 Å². The third kappa shape index (κ3) is 5.44. The molecule has 2 fully saturated rings. The van der Waals surface area contributed by atoms with Crippen LogP contribution in [-0.2, 0) is 0 Å². The first-order chi connectivity index (χ1) is 10.3. The van der Waals surface area contributed by atoms with Gasteiger partial charge in [0.15, 0.2) is 5.83 Å². The summed E-state index contributed by atoms with van der Waals surface area (Å²) in [7, 11) is 0. The van der Waals surface area contributed by atoms with Crippen LogP contribution in [0.2, 0.25) is 0 Å². The molecular weight excluding hydrogens is 292 g/mol. The Morgan fingerprint density at radius 2 is 1.18 bits per heavy atom. The van der Waals surface area contributed by atoms with Gasteiger partial charge in [0.1, 0.15) is 0 Å². The number of hydrogen-bond donors (Lipinski definition) is 0. The van der Waals surface area contributed by atoms with E-state index in [1.165, 1.54) is 25.7 Å². The summed E-state index contributed by atoms with van der Waals surface area (Å²) < 4.78 is 49.5. The summed E-state index contributed by atoms with van der Waals surface area (Å²) in [5, 5.41) is 0. The normalized spacial score (nSPS) is 35.0. The third-order valence-corrected chi connectivity index (χ3v) is 5.19.